The molecule has 0 spiro atoms. The lowest BCUT2D eigenvalue weighted by Gasteiger charge is -2.07. The third kappa shape index (κ3) is 3.22. The minimum atomic E-state index is -0.210. The number of hydrogen-bond donors (Lipinski definition) is 1. The molecule has 0 bridgehead atoms. The van der Waals surface area contributed by atoms with Crippen LogP contribution in [0.25, 0.3) is 0 Å². The molecule has 0 fully saturated rings. The van der Waals surface area contributed by atoms with Gasteiger partial charge < -0.3 is 5.32 Å². The number of anilines is 1. The van der Waals surface area contributed by atoms with Crippen molar-refractivity contribution in [2.75, 3.05) is 5.32 Å². The second-order valence-electron chi connectivity index (χ2n) is 3.38. The fourth-order valence-electron chi connectivity index (χ4n) is 1.32. The number of hydrogen-bond acceptors (Lipinski definition) is 2. The van der Waals surface area contributed by atoms with E-state index in [1.807, 2.05) is 0 Å². The molecule has 0 aliphatic rings. The zero-order valence-electron chi connectivity index (χ0n) is 8.73. The molecule has 0 unspecified atom stereocenters. The van der Waals surface area contributed by atoms with E-state index in [0.29, 0.717) is 15.7 Å². The first-order valence-corrected chi connectivity index (χ1v) is 5.63. The predicted molar refractivity (Wildman–Crippen MR) is 67.3 cm³/mol. The molecular formula is C11H9Cl2N3O. The van der Waals surface area contributed by atoms with E-state index in [4.69, 9.17) is 23.2 Å². The fraction of sp³-hybridized carbons (Fsp3) is 0.0909. The van der Waals surface area contributed by atoms with Gasteiger partial charge in [0.2, 0.25) is 5.91 Å². The van der Waals surface area contributed by atoms with E-state index in [0.717, 1.165) is 0 Å². The van der Waals surface area contributed by atoms with E-state index >= 15 is 0 Å². The second-order valence-corrected chi connectivity index (χ2v) is 4.22. The molecule has 0 radical (unpaired) electrons. The fourth-order valence-corrected chi connectivity index (χ4v) is 1.66. The zero-order valence-corrected chi connectivity index (χ0v) is 10.2. The Kier molecular flexibility index (Phi) is 3.66. The molecule has 1 aromatic carbocycles. The number of rotatable bonds is 3. The number of carbonyl (C=O) groups excluding carboxylic acids is 1. The van der Waals surface area contributed by atoms with Crippen LogP contribution in [0.2, 0.25) is 10.0 Å². The monoisotopic (exact) mass is 269 g/mol. The molecule has 6 heteroatoms. The largest absolute Gasteiger partial charge is 0.323 e. The highest BCUT2D eigenvalue weighted by molar-refractivity contribution is 6.35. The molecular weight excluding hydrogens is 261 g/mol. The van der Waals surface area contributed by atoms with Crippen LogP contribution in [0.1, 0.15) is 0 Å². The first-order valence-electron chi connectivity index (χ1n) is 4.87. The van der Waals surface area contributed by atoms with Gasteiger partial charge in [-0.1, -0.05) is 23.2 Å². The van der Waals surface area contributed by atoms with Gasteiger partial charge in [0.05, 0.1) is 10.7 Å². The minimum Gasteiger partial charge on any atom is -0.323 e. The Morgan fingerprint density at radius 3 is 2.94 bits per heavy atom. The average Bonchev–Trinajstić information content (AvgIpc) is 2.76. The van der Waals surface area contributed by atoms with Crippen LogP contribution < -0.4 is 5.32 Å². The Balaban J connectivity index is 2.05. The molecule has 1 aromatic heterocycles. The highest BCUT2D eigenvalue weighted by Gasteiger charge is 2.07. The molecule has 88 valence electrons. The van der Waals surface area contributed by atoms with E-state index in [1.54, 1.807) is 36.7 Å². The zero-order chi connectivity index (χ0) is 12.3. The van der Waals surface area contributed by atoms with E-state index in [1.165, 1.54) is 4.68 Å². The van der Waals surface area contributed by atoms with Crippen molar-refractivity contribution in [1.82, 2.24) is 9.78 Å². The van der Waals surface area contributed by atoms with Crippen LogP contribution in [0.5, 0.6) is 0 Å². The van der Waals surface area contributed by atoms with Gasteiger partial charge >= 0.3 is 0 Å². The number of aromatic nitrogens is 2. The summed E-state index contributed by atoms with van der Waals surface area (Å²) >= 11 is 11.7. The Bertz CT molecular complexity index is 526. The van der Waals surface area contributed by atoms with Crippen molar-refractivity contribution >= 4 is 34.8 Å². The maximum absolute atomic E-state index is 11.7. The van der Waals surface area contributed by atoms with Crippen LogP contribution in [-0.4, -0.2) is 15.7 Å². The molecule has 1 N–H and O–H groups in total. The Morgan fingerprint density at radius 1 is 1.41 bits per heavy atom. The van der Waals surface area contributed by atoms with Crippen molar-refractivity contribution in [3.05, 3.63) is 46.7 Å². The van der Waals surface area contributed by atoms with Crippen LogP contribution in [0.15, 0.2) is 36.7 Å². The van der Waals surface area contributed by atoms with E-state index in [-0.39, 0.29) is 12.5 Å². The number of benzene rings is 1. The summed E-state index contributed by atoms with van der Waals surface area (Å²) in [5.74, 6) is -0.210. The molecule has 2 rings (SSSR count). The second kappa shape index (κ2) is 5.21. The highest BCUT2D eigenvalue weighted by atomic mass is 35.5. The lowest BCUT2D eigenvalue weighted by atomic mass is 10.3. The number of nitrogens with zero attached hydrogens (tertiary/aromatic N) is 2. The summed E-state index contributed by atoms with van der Waals surface area (Å²) in [6.45, 7) is 0.135. The number of amides is 1. The molecule has 1 amide bonds. The summed E-state index contributed by atoms with van der Waals surface area (Å²) < 4.78 is 1.52. The first kappa shape index (κ1) is 12.0. The topological polar surface area (TPSA) is 46.9 Å². The van der Waals surface area contributed by atoms with Crippen LogP contribution >= 0.6 is 23.2 Å². The van der Waals surface area contributed by atoms with Crippen molar-refractivity contribution < 1.29 is 4.79 Å². The molecule has 0 aliphatic carbocycles. The first-order chi connectivity index (χ1) is 8.15. The van der Waals surface area contributed by atoms with Crippen molar-refractivity contribution in [2.24, 2.45) is 0 Å². The number of halogens is 2. The Morgan fingerprint density at radius 2 is 2.24 bits per heavy atom. The quantitative estimate of drug-likeness (QED) is 0.932. The predicted octanol–water partition coefficient (Wildman–Crippen LogP) is 2.83. The smallest absolute Gasteiger partial charge is 0.246 e. The van der Waals surface area contributed by atoms with Gasteiger partial charge in [-0.15, -0.1) is 0 Å². The van der Waals surface area contributed by atoms with Crippen LogP contribution in [0, 0.1) is 0 Å². The maximum Gasteiger partial charge on any atom is 0.246 e. The molecule has 4 nitrogen and oxygen atoms in total. The van der Waals surface area contributed by atoms with Crippen LogP contribution in [0.4, 0.5) is 5.69 Å². The van der Waals surface area contributed by atoms with E-state index in [9.17, 15) is 4.79 Å². The number of nitrogens with one attached hydrogen (secondary N) is 1. The minimum absolute atomic E-state index is 0.135. The normalized spacial score (nSPS) is 10.2. The average molecular weight is 270 g/mol. The van der Waals surface area contributed by atoms with Gasteiger partial charge in [-0.05, 0) is 24.3 Å². The van der Waals surface area contributed by atoms with Gasteiger partial charge in [0, 0.05) is 17.4 Å². The lowest BCUT2D eigenvalue weighted by molar-refractivity contribution is -0.116. The summed E-state index contributed by atoms with van der Waals surface area (Å²) in [4.78, 5) is 11.7. The third-order valence-electron chi connectivity index (χ3n) is 2.07. The van der Waals surface area contributed by atoms with Crippen molar-refractivity contribution in [3.63, 3.8) is 0 Å². The SMILES string of the molecule is O=C(Cn1cccn1)Nc1cc(Cl)ccc1Cl. The molecule has 0 aliphatic heterocycles. The van der Waals surface area contributed by atoms with Gasteiger partial charge in [-0.3, -0.25) is 9.48 Å². The maximum atomic E-state index is 11.7. The molecule has 2 aromatic rings. The Labute approximate surface area is 108 Å². The van der Waals surface area contributed by atoms with Crippen molar-refractivity contribution in [1.29, 1.82) is 0 Å². The molecule has 0 saturated heterocycles. The van der Waals surface area contributed by atoms with Gasteiger partial charge in [0.25, 0.3) is 0 Å². The van der Waals surface area contributed by atoms with Crippen molar-refractivity contribution in [2.45, 2.75) is 6.54 Å². The van der Waals surface area contributed by atoms with Crippen LogP contribution in [0.3, 0.4) is 0 Å². The third-order valence-corrected chi connectivity index (χ3v) is 2.63. The molecule has 17 heavy (non-hydrogen) atoms. The van der Waals surface area contributed by atoms with Crippen molar-refractivity contribution in [3.8, 4) is 0 Å². The van der Waals surface area contributed by atoms with Crippen LogP contribution in [-0.2, 0) is 11.3 Å². The van der Waals surface area contributed by atoms with Gasteiger partial charge in [-0.25, -0.2) is 0 Å². The standard InChI is InChI=1S/C11H9Cl2N3O/c12-8-2-3-9(13)10(6-8)15-11(17)7-16-5-1-4-14-16/h1-6H,7H2,(H,15,17). The molecule has 0 atom stereocenters. The summed E-state index contributed by atoms with van der Waals surface area (Å²) in [6.07, 6.45) is 3.32. The van der Waals surface area contributed by atoms with Gasteiger partial charge in [-0.2, -0.15) is 5.10 Å². The van der Waals surface area contributed by atoms with Gasteiger partial charge in [0.15, 0.2) is 0 Å². The summed E-state index contributed by atoms with van der Waals surface area (Å²) in [6, 6.07) is 6.64. The Hall–Kier alpha value is -1.52. The molecule has 1 heterocycles. The van der Waals surface area contributed by atoms with E-state index < -0.39 is 0 Å². The molecule has 0 saturated carbocycles. The lowest BCUT2D eigenvalue weighted by Crippen LogP contribution is -2.19. The summed E-state index contributed by atoms with van der Waals surface area (Å²) in [5, 5.41) is 7.57. The van der Waals surface area contributed by atoms with E-state index in [2.05, 4.69) is 10.4 Å². The summed E-state index contributed by atoms with van der Waals surface area (Å²) in [7, 11) is 0. The number of carbonyl (C=O) groups is 1. The highest BCUT2D eigenvalue weighted by Crippen LogP contribution is 2.25. The summed E-state index contributed by atoms with van der Waals surface area (Å²) in [5.41, 5.74) is 0.497. The van der Waals surface area contributed by atoms with Gasteiger partial charge in [0.1, 0.15) is 6.54 Å².